The molecule has 0 radical (unpaired) electrons. The van der Waals surface area contributed by atoms with Gasteiger partial charge >= 0.3 is 11.9 Å². The SMILES string of the molecule is NCCCC[C@@H]1NC(=O)[C@@H](N)CSSC[C@@H](C(=O)O)NC(=O)[C@@H]2CCCN2C(=O)[C@H](Cc2c[nH]c3ccccc23)NC(=O)[C@H](CC(=O)O)NC(=O)CNC1=O. The van der Waals surface area contributed by atoms with E-state index in [1.807, 2.05) is 18.2 Å². The van der Waals surface area contributed by atoms with Crippen LogP contribution in [0.1, 0.15) is 44.1 Å². The molecule has 0 spiro atoms. The van der Waals surface area contributed by atoms with E-state index in [9.17, 15) is 48.6 Å². The van der Waals surface area contributed by atoms with Crippen LogP contribution in [0.5, 0.6) is 0 Å². The highest BCUT2D eigenvalue weighted by Crippen LogP contribution is 2.25. The molecular formula is C34H47N9O10S2. The van der Waals surface area contributed by atoms with Gasteiger partial charge in [0.1, 0.15) is 30.2 Å². The van der Waals surface area contributed by atoms with E-state index in [0.717, 1.165) is 32.5 Å². The minimum atomic E-state index is -1.69. The number of carbonyl (C=O) groups excluding carboxylic acids is 6. The quantitative estimate of drug-likeness (QED) is 0.0985. The number of hydrogen-bond acceptors (Lipinski definition) is 12. The second-order valence-electron chi connectivity index (χ2n) is 13.2. The predicted molar refractivity (Wildman–Crippen MR) is 203 cm³/mol. The Hall–Kier alpha value is -4.86. The zero-order chi connectivity index (χ0) is 40.1. The molecule has 55 heavy (non-hydrogen) atoms. The number of hydrogen-bond donors (Lipinski definition) is 10. The van der Waals surface area contributed by atoms with Gasteiger partial charge < -0.3 is 58.1 Å². The summed E-state index contributed by atoms with van der Waals surface area (Å²) in [5, 5.41) is 32.7. The first-order valence-electron chi connectivity index (χ1n) is 17.8. The molecule has 0 saturated carbocycles. The number of aromatic nitrogens is 1. The van der Waals surface area contributed by atoms with E-state index in [1.54, 1.807) is 12.3 Å². The fourth-order valence-corrected chi connectivity index (χ4v) is 8.49. The van der Waals surface area contributed by atoms with Crippen LogP contribution in [0.15, 0.2) is 30.5 Å². The van der Waals surface area contributed by atoms with Crippen LogP contribution in [-0.4, -0.2) is 135 Å². The van der Waals surface area contributed by atoms with Crippen LogP contribution < -0.4 is 38.1 Å². The molecule has 300 valence electrons. The van der Waals surface area contributed by atoms with Crippen LogP contribution in [-0.2, 0) is 44.8 Å². The van der Waals surface area contributed by atoms with Crippen LogP contribution in [0.25, 0.3) is 10.9 Å². The zero-order valence-electron chi connectivity index (χ0n) is 29.9. The normalized spacial score (nSPS) is 25.6. The maximum Gasteiger partial charge on any atom is 0.327 e. The first-order valence-corrected chi connectivity index (χ1v) is 20.3. The average Bonchev–Trinajstić information content (AvgIpc) is 3.81. The number of unbranched alkanes of at least 4 members (excludes halogenated alkanes) is 1. The van der Waals surface area contributed by atoms with Crippen molar-refractivity contribution >= 4 is 79.9 Å². The van der Waals surface area contributed by atoms with Crippen LogP contribution in [0, 0.1) is 0 Å². The van der Waals surface area contributed by atoms with Crippen LogP contribution in [0.4, 0.5) is 0 Å². The number of H-pyrrole nitrogens is 1. The van der Waals surface area contributed by atoms with Gasteiger partial charge in [-0.15, -0.1) is 0 Å². The summed E-state index contributed by atoms with van der Waals surface area (Å²) in [6.45, 7) is -0.242. The highest BCUT2D eigenvalue weighted by molar-refractivity contribution is 8.76. The molecule has 6 amide bonds. The Kier molecular flexibility index (Phi) is 16.2. The summed E-state index contributed by atoms with van der Waals surface area (Å²) < 4.78 is 0. The van der Waals surface area contributed by atoms with Gasteiger partial charge in [0.25, 0.3) is 0 Å². The number of carboxylic acid groups (broad SMARTS) is 2. The molecule has 2 saturated heterocycles. The third kappa shape index (κ3) is 12.3. The third-order valence-corrected chi connectivity index (χ3v) is 11.6. The lowest BCUT2D eigenvalue weighted by Gasteiger charge is -2.30. The molecule has 0 unspecified atom stereocenters. The number of amides is 6. The van der Waals surface area contributed by atoms with Crippen molar-refractivity contribution in [1.29, 1.82) is 0 Å². The van der Waals surface area contributed by atoms with Gasteiger partial charge in [-0.25, -0.2) is 4.79 Å². The lowest BCUT2D eigenvalue weighted by atomic mass is 10.0. The summed E-state index contributed by atoms with van der Waals surface area (Å²) in [6, 6.07) is -0.495. The minimum Gasteiger partial charge on any atom is -0.481 e. The number of fused-ring (bicyclic) bond motifs is 2. The Bertz CT molecular complexity index is 1740. The summed E-state index contributed by atoms with van der Waals surface area (Å²) in [5.41, 5.74) is 13.0. The summed E-state index contributed by atoms with van der Waals surface area (Å²) in [6.07, 6.45) is 2.43. The van der Waals surface area contributed by atoms with Crippen molar-refractivity contribution in [2.24, 2.45) is 11.5 Å². The van der Waals surface area contributed by atoms with Crippen LogP contribution in [0.2, 0.25) is 0 Å². The lowest BCUT2D eigenvalue weighted by Crippen LogP contribution is -2.59. The number of benzene rings is 1. The predicted octanol–water partition coefficient (Wildman–Crippen LogP) is -1.83. The lowest BCUT2D eigenvalue weighted by molar-refractivity contribution is -0.144. The molecule has 12 N–H and O–H groups in total. The number of rotatable bonds is 9. The number of carboxylic acids is 2. The van der Waals surface area contributed by atoms with Crippen molar-refractivity contribution in [3.63, 3.8) is 0 Å². The summed E-state index contributed by atoms with van der Waals surface area (Å²) in [5.74, 6) is -7.62. The maximum absolute atomic E-state index is 14.3. The molecule has 4 rings (SSSR count). The molecule has 2 fully saturated rings. The number of nitrogens with zero attached hydrogens (tertiary/aromatic N) is 1. The average molecular weight is 806 g/mol. The van der Waals surface area contributed by atoms with E-state index >= 15 is 0 Å². The Balaban J connectivity index is 1.65. The van der Waals surface area contributed by atoms with Gasteiger partial charge in [0.15, 0.2) is 0 Å². The highest BCUT2D eigenvalue weighted by Gasteiger charge is 2.40. The fraction of sp³-hybridized carbons (Fsp3) is 0.529. The summed E-state index contributed by atoms with van der Waals surface area (Å²) in [7, 11) is 2.15. The van der Waals surface area contributed by atoms with Gasteiger partial charge in [-0.1, -0.05) is 39.8 Å². The maximum atomic E-state index is 14.3. The first-order chi connectivity index (χ1) is 26.3. The van der Waals surface area contributed by atoms with E-state index in [1.165, 1.54) is 4.90 Å². The van der Waals surface area contributed by atoms with E-state index in [0.29, 0.717) is 31.4 Å². The Morgan fingerprint density at radius 3 is 2.31 bits per heavy atom. The van der Waals surface area contributed by atoms with Gasteiger partial charge in [-0.05, 0) is 50.3 Å². The van der Waals surface area contributed by atoms with Crippen molar-refractivity contribution < 1.29 is 48.6 Å². The summed E-state index contributed by atoms with van der Waals surface area (Å²) >= 11 is 0. The van der Waals surface area contributed by atoms with Crippen LogP contribution in [0.3, 0.4) is 0 Å². The molecule has 1 aromatic carbocycles. The number of aromatic amines is 1. The molecule has 2 aromatic rings. The molecule has 2 aliphatic heterocycles. The van der Waals surface area contributed by atoms with Gasteiger partial charge in [0.2, 0.25) is 35.4 Å². The molecule has 2 aliphatic rings. The highest BCUT2D eigenvalue weighted by atomic mass is 33.1. The van der Waals surface area contributed by atoms with E-state index < -0.39 is 96.6 Å². The second-order valence-corrected chi connectivity index (χ2v) is 15.7. The Morgan fingerprint density at radius 1 is 0.855 bits per heavy atom. The van der Waals surface area contributed by atoms with E-state index in [-0.39, 0.29) is 37.3 Å². The van der Waals surface area contributed by atoms with Gasteiger partial charge in [0, 0.05) is 41.6 Å². The fourth-order valence-electron chi connectivity index (χ4n) is 6.21. The molecule has 1 aromatic heterocycles. The standard InChI is InChI=1S/C34H47N9O10S2/c35-10-4-3-8-22-30(48)38-15-27(44)39-23(13-28(45)46)31(49)41-24(12-18-14-37-21-7-2-1-6-19(18)21)33(51)43-11-5-9-26(43)32(50)42-25(34(52)53)17-55-54-16-20(36)29(47)40-22/h1-2,6-7,14,20,22-26,37H,3-5,8-13,15-17,35-36H2,(H,38,48)(H,39,44)(H,40,47)(H,41,49)(H,42,50)(H,45,46)(H,52,53)/t20-,22-,23-,24-,25-,26-/m0/s1. The Morgan fingerprint density at radius 2 is 1.58 bits per heavy atom. The van der Waals surface area contributed by atoms with Crippen molar-refractivity contribution in [2.75, 3.05) is 31.1 Å². The van der Waals surface area contributed by atoms with E-state index in [2.05, 4.69) is 31.6 Å². The molecule has 0 bridgehead atoms. The topological polar surface area (TPSA) is 308 Å². The second kappa shape index (κ2) is 20.7. The van der Waals surface area contributed by atoms with Crippen LogP contribution >= 0.6 is 21.6 Å². The van der Waals surface area contributed by atoms with E-state index in [4.69, 9.17) is 11.5 Å². The number of para-hydroxylation sites is 1. The smallest absolute Gasteiger partial charge is 0.327 e. The number of nitrogens with two attached hydrogens (primary N) is 2. The zero-order valence-corrected chi connectivity index (χ0v) is 31.5. The van der Waals surface area contributed by atoms with Crippen molar-refractivity contribution in [3.8, 4) is 0 Å². The Labute approximate surface area is 324 Å². The molecule has 19 nitrogen and oxygen atoms in total. The number of nitrogens with one attached hydrogen (secondary N) is 6. The molecule has 3 heterocycles. The largest absolute Gasteiger partial charge is 0.481 e. The molecule has 21 heteroatoms. The monoisotopic (exact) mass is 805 g/mol. The third-order valence-electron chi connectivity index (χ3n) is 9.10. The molecular weight excluding hydrogens is 759 g/mol. The first kappa shape index (κ1) is 42.9. The molecule has 0 aliphatic carbocycles. The molecule has 6 atom stereocenters. The van der Waals surface area contributed by atoms with Gasteiger partial charge in [-0.2, -0.15) is 0 Å². The van der Waals surface area contributed by atoms with Crippen molar-refractivity contribution in [1.82, 2.24) is 36.5 Å². The summed E-state index contributed by atoms with van der Waals surface area (Å²) in [4.78, 5) is 109. The van der Waals surface area contributed by atoms with Crippen molar-refractivity contribution in [2.45, 2.75) is 81.2 Å². The minimum absolute atomic E-state index is 0.0189. The van der Waals surface area contributed by atoms with Gasteiger partial charge in [0.05, 0.1) is 19.0 Å². The van der Waals surface area contributed by atoms with Crippen molar-refractivity contribution in [3.05, 3.63) is 36.0 Å². The van der Waals surface area contributed by atoms with Gasteiger partial charge in [-0.3, -0.25) is 33.6 Å². The number of aliphatic carboxylic acids is 2. The number of carbonyl (C=O) groups is 8.